The molecule has 0 spiro atoms. The van der Waals surface area contributed by atoms with Gasteiger partial charge in [0.2, 0.25) is 5.60 Å². The van der Waals surface area contributed by atoms with Crippen LogP contribution in [0.2, 0.25) is 5.02 Å². The van der Waals surface area contributed by atoms with E-state index in [1.807, 2.05) is 0 Å². The summed E-state index contributed by atoms with van der Waals surface area (Å²) in [6.07, 6.45) is 1.84. The summed E-state index contributed by atoms with van der Waals surface area (Å²) in [7, 11) is 0. The first-order chi connectivity index (χ1) is 15.3. The fraction of sp³-hybridized carbons (Fsp3) is 0.348. The number of aliphatic hydroxyl groups is 1. The quantitative estimate of drug-likeness (QED) is 0.672. The number of benzene rings is 2. The molecule has 0 aliphatic carbocycles. The summed E-state index contributed by atoms with van der Waals surface area (Å²) in [6, 6.07) is 10.5. The lowest BCUT2D eigenvalue weighted by atomic mass is 10.0. The average Bonchev–Trinajstić information content (AvgIpc) is 3.40. The van der Waals surface area contributed by atoms with Gasteiger partial charge in [0.25, 0.3) is 17.7 Å². The molecule has 0 unspecified atom stereocenters. The second kappa shape index (κ2) is 8.88. The molecule has 2 aliphatic heterocycles. The van der Waals surface area contributed by atoms with Gasteiger partial charge in [-0.05, 0) is 54.8 Å². The number of rotatable bonds is 5. The summed E-state index contributed by atoms with van der Waals surface area (Å²) in [5.41, 5.74) is -0.936. The Kier molecular flexibility index (Phi) is 6.17. The van der Waals surface area contributed by atoms with Crippen molar-refractivity contribution in [3.8, 4) is 0 Å². The van der Waals surface area contributed by atoms with Crippen LogP contribution in [0.1, 0.15) is 35.2 Å². The van der Waals surface area contributed by atoms with Gasteiger partial charge in [0.1, 0.15) is 5.82 Å². The molecule has 2 N–H and O–H groups in total. The molecule has 32 heavy (non-hydrogen) atoms. The van der Waals surface area contributed by atoms with Gasteiger partial charge in [0.05, 0.1) is 0 Å². The standard InChI is InChI=1S/C23H23ClFN3O4/c24-17-10-15(11-18(25)13-17)14-26-21(30)23(32)6-9-28(22(23)31)19-5-3-4-16(12-19)20(29)27-7-1-2-8-27/h3-5,10-13,32H,1-2,6-9,14H2,(H,26,30)/t23-/m0/s1. The van der Waals surface area contributed by atoms with Gasteiger partial charge in [-0.1, -0.05) is 17.7 Å². The second-order valence-corrected chi connectivity index (χ2v) is 8.51. The molecule has 4 rings (SSSR count). The number of carbonyl (C=O) groups is 3. The van der Waals surface area contributed by atoms with Gasteiger partial charge < -0.3 is 20.2 Å². The third kappa shape index (κ3) is 4.33. The number of hydrogen-bond donors (Lipinski definition) is 2. The lowest BCUT2D eigenvalue weighted by Gasteiger charge is -2.22. The second-order valence-electron chi connectivity index (χ2n) is 8.08. The Morgan fingerprint density at radius 2 is 1.88 bits per heavy atom. The Balaban J connectivity index is 1.46. The minimum absolute atomic E-state index is 0.0915. The molecule has 2 saturated heterocycles. The molecule has 0 saturated carbocycles. The van der Waals surface area contributed by atoms with Crippen LogP contribution in [0.15, 0.2) is 42.5 Å². The average molecular weight is 460 g/mol. The van der Waals surface area contributed by atoms with Crippen LogP contribution in [0.25, 0.3) is 0 Å². The molecule has 7 nitrogen and oxygen atoms in total. The SMILES string of the molecule is O=C(c1cccc(N2CC[C@](O)(C(=O)NCc3cc(F)cc(Cl)c3)C2=O)c1)N1CCCC1. The number of nitrogens with zero attached hydrogens (tertiary/aromatic N) is 2. The zero-order chi connectivity index (χ0) is 22.9. The first-order valence-electron chi connectivity index (χ1n) is 10.4. The maximum Gasteiger partial charge on any atom is 0.268 e. The fourth-order valence-electron chi connectivity index (χ4n) is 4.11. The zero-order valence-corrected chi connectivity index (χ0v) is 18.1. The first-order valence-corrected chi connectivity index (χ1v) is 10.8. The smallest absolute Gasteiger partial charge is 0.268 e. The summed E-state index contributed by atoms with van der Waals surface area (Å²) in [5.74, 6) is -2.28. The summed E-state index contributed by atoms with van der Waals surface area (Å²) in [4.78, 5) is 41.4. The van der Waals surface area contributed by atoms with Crippen molar-refractivity contribution >= 4 is 35.0 Å². The van der Waals surface area contributed by atoms with Gasteiger partial charge in [-0.2, -0.15) is 0 Å². The fourth-order valence-corrected chi connectivity index (χ4v) is 4.36. The van der Waals surface area contributed by atoms with E-state index in [1.54, 1.807) is 29.2 Å². The van der Waals surface area contributed by atoms with Gasteiger partial charge in [0, 0.05) is 48.9 Å². The molecule has 3 amide bonds. The van der Waals surface area contributed by atoms with Gasteiger partial charge in [-0.25, -0.2) is 4.39 Å². The van der Waals surface area contributed by atoms with Crippen molar-refractivity contribution in [3.05, 3.63) is 64.4 Å². The van der Waals surface area contributed by atoms with Crippen molar-refractivity contribution in [2.45, 2.75) is 31.4 Å². The number of halogens is 2. The lowest BCUT2D eigenvalue weighted by molar-refractivity contribution is -0.149. The van der Waals surface area contributed by atoms with E-state index in [-0.39, 0.29) is 30.4 Å². The molecule has 0 radical (unpaired) electrons. The normalized spacial score (nSPS) is 20.7. The molecule has 0 bridgehead atoms. The van der Waals surface area contributed by atoms with Crippen LogP contribution >= 0.6 is 11.6 Å². The van der Waals surface area contributed by atoms with Gasteiger partial charge >= 0.3 is 0 Å². The summed E-state index contributed by atoms with van der Waals surface area (Å²) in [5, 5.41) is 13.5. The van der Waals surface area contributed by atoms with Gasteiger partial charge in [-0.3, -0.25) is 14.4 Å². The number of likely N-dealkylation sites (tertiary alicyclic amines) is 1. The van der Waals surface area contributed by atoms with E-state index in [1.165, 1.54) is 17.0 Å². The van der Waals surface area contributed by atoms with Crippen LogP contribution in [-0.2, 0) is 16.1 Å². The highest BCUT2D eigenvalue weighted by molar-refractivity contribution is 6.30. The van der Waals surface area contributed by atoms with Crippen LogP contribution in [0.4, 0.5) is 10.1 Å². The Hall–Kier alpha value is -2.97. The van der Waals surface area contributed by atoms with E-state index < -0.39 is 23.2 Å². The number of carbonyl (C=O) groups excluding carboxylic acids is 3. The summed E-state index contributed by atoms with van der Waals surface area (Å²) >= 11 is 5.82. The largest absolute Gasteiger partial charge is 0.372 e. The van der Waals surface area contributed by atoms with Crippen LogP contribution in [0, 0.1) is 5.82 Å². The first kappa shape index (κ1) is 22.2. The van der Waals surface area contributed by atoms with Crippen molar-refractivity contribution in [1.29, 1.82) is 0 Å². The van der Waals surface area contributed by atoms with Crippen molar-refractivity contribution in [2.75, 3.05) is 24.5 Å². The van der Waals surface area contributed by atoms with E-state index in [9.17, 15) is 23.9 Å². The molecule has 168 valence electrons. The molecule has 1 atom stereocenters. The molecule has 2 fully saturated rings. The third-order valence-corrected chi connectivity index (χ3v) is 6.06. The Morgan fingerprint density at radius 3 is 2.59 bits per heavy atom. The van der Waals surface area contributed by atoms with Crippen molar-refractivity contribution in [3.63, 3.8) is 0 Å². The zero-order valence-electron chi connectivity index (χ0n) is 17.3. The highest BCUT2D eigenvalue weighted by Crippen LogP contribution is 2.30. The Morgan fingerprint density at radius 1 is 1.12 bits per heavy atom. The van der Waals surface area contributed by atoms with Crippen LogP contribution in [0.3, 0.4) is 0 Å². The number of amides is 3. The van der Waals surface area contributed by atoms with E-state index in [0.717, 1.165) is 18.9 Å². The van der Waals surface area contributed by atoms with Crippen LogP contribution < -0.4 is 10.2 Å². The highest BCUT2D eigenvalue weighted by atomic mass is 35.5. The molecular formula is C23H23ClFN3O4. The molecule has 2 aromatic carbocycles. The number of hydrogen-bond acceptors (Lipinski definition) is 4. The molecule has 0 aromatic heterocycles. The Labute approximate surface area is 189 Å². The third-order valence-electron chi connectivity index (χ3n) is 5.85. The summed E-state index contributed by atoms with van der Waals surface area (Å²) in [6.45, 7) is 1.45. The monoisotopic (exact) mass is 459 g/mol. The minimum Gasteiger partial charge on any atom is -0.372 e. The molecule has 2 aromatic rings. The minimum atomic E-state index is -2.24. The number of anilines is 1. The Bertz CT molecular complexity index is 1050. The van der Waals surface area contributed by atoms with Gasteiger partial charge in [-0.15, -0.1) is 0 Å². The van der Waals surface area contributed by atoms with E-state index in [4.69, 9.17) is 11.6 Å². The van der Waals surface area contributed by atoms with Crippen LogP contribution in [0.5, 0.6) is 0 Å². The van der Waals surface area contributed by atoms with E-state index in [0.29, 0.717) is 29.9 Å². The van der Waals surface area contributed by atoms with Crippen molar-refractivity contribution in [2.24, 2.45) is 0 Å². The predicted molar refractivity (Wildman–Crippen MR) is 117 cm³/mol. The predicted octanol–water partition coefficient (Wildman–Crippen LogP) is 2.50. The highest BCUT2D eigenvalue weighted by Gasteiger charge is 2.51. The van der Waals surface area contributed by atoms with E-state index in [2.05, 4.69) is 5.32 Å². The van der Waals surface area contributed by atoms with Crippen LogP contribution in [-0.4, -0.2) is 53.0 Å². The maximum atomic E-state index is 13.5. The molecule has 2 heterocycles. The molecule has 2 aliphatic rings. The maximum absolute atomic E-state index is 13.5. The molecule has 9 heteroatoms. The van der Waals surface area contributed by atoms with Crippen molar-refractivity contribution < 1.29 is 23.9 Å². The summed E-state index contributed by atoms with van der Waals surface area (Å²) < 4.78 is 13.5. The lowest BCUT2D eigenvalue weighted by Crippen LogP contribution is -2.52. The topological polar surface area (TPSA) is 90.0 Å². The molecular weight excluding hydrogens is 437 g/mol. The van der Waals surface area contributed by atoms with Gasteiger partial charge in [0.15, 0.2) is 0 Å². The van der Waals surface area contributed by atoms with E-state index >= 15 is 0 Å². The van der Waals surface area contributed by atoms with Crippen molar-refractivity contribution in [1.82, 2.24) is 10.2 Å². The number of nitrogens with one attached hydrogen (secondary N) is 1.